The highest BCUT2D eigenvalue weighted by Crippen LogP contribution is 2.36. The summed E-state index contributed by atoms with van der Waals surface area (Å²) in [6, 6.07) is 12.0. The van der Waals surface area contributed by atoms with Crippen molar-refractivity contribution in [1.82, 2.24) is 0 Å². The van der Waals surface area contributed by atoms with Crippen molar-refractivity contribution in [2.24, 2.45) is 0 Å². The highest BCUT2D eigenvalue weighted by molar-refractivity contribution is 5.92. The molecule has 3 N–H and O–H groups in total. The number of amides is 1. The second kappa shape index (κ2) is 7.57. The maximum Gasteiger partial charge on any atom is 0.250 e. The number of carbonyl (C=O) groups is 1. The molecule has 1 amide bonds. The SMILES string of the molecule is Cc1cc2c(cc1C)C(Nc1cccc(NC(=O)CO)c1)CCCO2. The molecule has 0 saturated heterocycles. The van der Waals surface area contributed by atoms with E-state index in [2.05, 4.69) is 36.6 Å². The third-order valence-corrected chi connectivity index (χ3v) is 4.53. The van der Waals surface area contributed by atoms with E-state index in [4.69, 9.17) is 9.84 Å². The second-order valence-electron chi connectivity index (χ2n) is 6.45. The van der Waals surface area contributed by atoms with E-state index in [0.29, 0.717) is 5.69 Å². The van der Waals surface area contributed by atoms with Gasteiger partial charge < -0.3 is 20.5 Å². The topological polar surface area (TPSA) is 70.6 Å². The number of hydrogen-bond donors (Lipinski definition) is 3. The molecule has 2 aromatic rings. The van der Waals surface area contributed by atoms with E-state index in [0.717, 1.165) is 30.9 Å². The lowest BCUT2D eigenvalue weighted by Crippen LogP contribution is -2.16. The van der Waals surface area contributed by atoms with Gasteiger partial charge in [-0.2, -0.15) is 0 Å². The molecule has 5 heteroatoms. The lowest BCUT2D eigenvalue weighted by Gasteiger charge is -2.21. The Labute approximate surface area is 148 Å². The summed E-state index contributed by atoms with van der Waals surface area (Å²) < 4.78 is 5.92. The lowest BCUT2D eigenvalue weighted by molar-refractivity contribution is -0.118. The van der Waals surface area contributed by atoms with Crippen LogP contribution in [0.3, 0.4) is 0 Å². The Kier molecular flexibility index (Phi) is 5.24. The number of rotatable bonds is 4. The molecule has 0 saturated carbocycles. The summed E-state index contributed by atoms with van der Waals surface area (Å²) in [5.41, 5.74) is 5.24. The predicted molar refractivity (Wildman–Crippen MR) is 99.2 cm³/mol. The molecule has 0 spiro atoms. The van der Waals surface area contributed by atoms with Crippen LogP contribution in [0.4, 0.5) is 11.4 Å². The number of carbonyl (C=O) groups excluding carboxylic acids is 1. The number of hydrogen-bond acceptors (Lipinski definition) is 4. The maximum absolute atomic E-state index is 11.4. The van der Waals surface area contributed by atoms with Crippen molar-refractivity contribution in [2.75, 3.05) is 23.8 Å². The Balaban J connectivity index is 1.85. The number of nitrogens with one attached hydrogen (secondary N) is 2. The van der Waals surface area contributed by atoms with Gasteiger partial charge >= 0.3 is 0 Å². The van der Waals surface area contributed by atoms with Crippen LogP contribution in [0.15, 0.2) is 36.4 Å². The van der Waals surface area contributed by atoms with Gasteiger partial charge in [-0.05, 0) is 62.1 Å². The summed E-state index contributed by atoms with van der Waals surface area (Å²) in [5.74, 6) is 0.527. The zero-order chi connectivity index (χ0) is 17.8. The van der Waals surface area contributed by atoms with Gasteiger partial charge in [0, 0.05) is 16.9 Å². The van der Waals surface area contributed by atoms with Gasteiger partial charge in [-0.1, -0.05) is 12.1 Å². The molecule has 132 valence electrons. The molecule has 0 fully saturated rings. The molecule has 3 rings (SSSR count). The van der Waals surface area contributed by atoms with Crippen LogP contribution in [0, 0.1) is 13.8 Å². The van der Waals surface area contributed by atoms with E-state index in [1.54, 1.807) is 6.07 Å². The number of benzene rings is 2. The fourth-order valence-electron chi connectivity index (χ4n) is 3.07. The summed E-state index contributed by atoms with van der Waals surface area (Å²) in [7, 11) is 0. The van der Waals surface area contributed by atoms with Crippen molar-refractivity contribution >= 4 is 17.3 Å². The third kappa shape index (κ3) is 4.12. The van der Waals surface area contributed by atoms with Gasteiger partial charge in [0.25, 0.3) is 0 Å². The van der Waals surface area contributed by atoms with Crippen molar-refractivity contribution in [3.8, 4) is 5.75 Å². The summed E-state index contributed by atoms with van der Waals surface area (Å²) in [6.45, 7) is 4.41. The fraction of sp³-hybridized carbons (Fsp3) is 0.350. The Morgan fingerprint density at radius 1 is 1.20 bits per heavy atom. The first-order chi connectivity index (χ1) is 12.1. The lowest BCUT2D eigenvalue weighted by atomic mass is 9.97. The van der Waals surface area contributed by atoms with Crippen molar-refractivity contribution < 1.29 is 14.6 Å². The van der Waals surface area contributed by atoms with Crippen LogP contribution in [0.1, 0.15) is 35.6 Å². The smallest absolute Gasteiger partial charge is 0.250 e. The zero-order valence-electron chi connectivity index (χ0n) is 14.6. The zero-order valence-corrected chi connectivity index (χ0v) is 14.6. The Hall–Kier alpha value is -2.53. The maximum atomic E-state index is 11.4. The average Bonchev–Trinajstić information content (AvgIpc) is 2.78. The van der Waals surface area contributed by atoms with Gasteiger partial charge in [-0.15, -0.1) is 0 Å². The average molecular weight is 340 g/mol. The van der Waals surface area contributed by atoms with Crippen molar-refractivity contribution in [1.29, 1.82) is 0 Å². The second-order valence-corrected chi connectivity index (χ2v) is 6.45. The first-order valence-electron chi connectivity index (χ1n) is 8.58. The minimum atomic E-state index is -0.524. The van der Waals surface area contributed by atoms with E-state index >= 15 is 0 Å². The summed E-state index contributed by atoms with van der Waals surface area (Å²) >= 11 is 0. The molecule has 5 nitrogen and oxygen atoms in total. The number of aryl methyl sites for hydroxylation is 2. The van der Waals surface area contributed by atoms with Crippen molar-refractivity contribution in [3.63, 3.8) is 0 Å². The molecule has 1 atom stereocenters. The van der Waals surface area contributed by atoms with Crippen LogP contribution in [-0.4, -0.2) is 24.2 Å². The number of aliphatic hydroxyl groups is 1. The molecular formula is C20H24N2O3. The number of aliphatic hydroxyl groups excluding tert-OH is 1. The Morgan fingerprint density at radius 2 is 1.96 bits per heavy atom. The molecule has 0 bridgehead atoms. The predicted octanol–water partition coefficient (Wildman–Crippen LogP) is 3.56. The van der Waals surface area contributed by atoms with Crippen LogP contribution >= 0.6 is 0 Å². The first kappa shape index (κ1) is 17.3. The number of fused-ring (bicyclic) bond motifs is 1. The van der Waals surface area contributed by atoms with E-state index in [9.17, 15) is 4.79 Å². The van der Waals surface area contributed by atoms with Gasteiger partial charge in [0.2, 0.25) is 5.91 Å². The van der Waals surface area contributed by atoms with Crippen LogP contribution in [0.2, 0.25) is 0 Å². The summed E-state index contributed by atoms with van der Waals surface area (Å²) in [4.78, 5) is 11.4. The van der Waals surface area contributed by atoms with Gasteiger partial charge in [-0.25, -0.2) is 0 Å². The molecule has 2 aromatic carbocycles. The molecule has 0 radical (unpaired) electrons. The molecule has 1 heterocycles. The van der Waals surface area contributed by atoms with Crippen LogP contribution in [0.25, 0.3) is 0 Å². The number of anilines is 2. The van der Waals surface area contributed by atoms with E-state index < -0.39 is 12.5 Å². The molecule has 1 aliphatic rings. The van der Waals surface area contributed by atoms with Crippen molar-refractivity contribution in [3.05, 3.63) is 53.1 Å². The van der Waals surface area contributed by atoms with E-state index in [-0.39, 0.29) is 6.04 Å². The highest BCUT2D eigenvalue weighted by atomic mass is 16.5. The van der Waals surface area contributed by atoms with Gasteiger partial charge in [0.15, 0.2) is 0 Å². The summed E-state index contributed by atoms with van der Waals surface area (Å²) in [6.07, 6.45) is 1.95. The van der Waals surface area contributed by atoms with E-state index in [1.807, 2.05) is 18.2 Å². The van der Waals surface area contributed by atoms with E-state index in [1.165, 1.54) is 16.7 Å². The standard InChI is InChI=1S/C20H24N2O3/c1-13-9-17-18(7-4-8-25-19(17)10-14(13)2)21-15-5-3-6-16(11-15)22-20(24)12-23/h3,5-6,9-11,18,21,23H,4,7-8,12H2,1-2H3,(H,22,24). The quantitative estimate of drug-likeness (QED) is 0.796. The Bertz CT molecular complexity index is 774. The first-order valence-corrected chi connectivity index (χ1v) is 8.58. The largest absolute Gasteiger partial charge is 0.493 e. The monoisotopic (exact) mass is 340 g/mol. The van der Waals surface area contributed by atoms with Crippen LogP contribution in [-0.2, 0) is 4.79 Å². The third-order valence-electron chi connectivity index (χ3n) is 4.53. The highest BCUT2D eigenvalue weighted by Gasteiger charge is 2.21. The minimum absolute atomic E-state index is 0.153. The summed E-state index contributed by atoms with van der Waals surface area (Å²) in [5, 5.41) is 15.1. The fourth-order valence-corrected chi connectivity index (χ4v) is 3.07. The van der Waals surface area contributed by atoms with Gasteiger partial charge in [0.1, 0.15) is 12.4 Å². The molecular weight excluding hydrogens is 316 g/mol. The number of ether oxygens (including phenoxy) is 1. The van der Waals surface area contributed by atoms with Crippen molar-refractivity contribution in [2.45, 2.75) is 32.7 Å². The van der Waals surface area contributed by atoms with Crippen LogP contribution in [0.5, 0.6) is 5.75 Å². The van der Waals surface area contributed by atoms with Gasteiger partial charge in [0.05, 0.1) is 12.6 Å². The molecule has 1 aliphatic heterocycles. The molecule has 1 unspecified atom stereocenters. The van der Waals surface area contributed by atoms with Gasteiger partial charge in [-0.3, -0.25) is 4.79 Å². The van der Waals surface area contributed by atoms with Crippen LogP contribution < -0.4 is 15.4 Å². The minimum Gasteiger partial charge on any atom is -0.493 e. The Morgan fingerprint density at radius 3 is 2.76 bits per heavy atom. The molecule has 0 aromatic heterocycles. The normalized spacial score (nSPS) is 16.4. The molecule has 0 aliphatic carbocycles. The molecule has 25 heavy (non-hydrogen) atoms.